The Morgan fingerprint density at radius 1 is 1.42 bits per heavy atom. The molecule has 72 valence electrons. The number of likely N-dealkylation sites (tertiary alicyclic amines) is 1. The SMILES string of the molecule is CCCC1CCCN(C(C)C)C1. The van der Waals surface area contributed by atoms with Gasteiger partial charge < -0.3 is 4.90 Å². The maximum Gasteiger partial charge on any atom is 0.00387 e. The number of piperidine rings is 1. The van der Waals surface area contributed by atoms with Gasteiger partial charge in [0.2, 0.25) is 0 Å². The van der Waals surface area contributed by atoms with Gasteiger partial charge in [0, 0.05) is 12.6 Å². The minimum atomic E-state index is 0.754. The van der Waals surface area contributed by atoms with Crippen molar-refractivity contribution >= 4 is 0 Å². The van der Waals surface area contributed by atoms with E-state index < -0.39 is 0 Å². The van der Waals surface area contributed by atoms with Gasteiger partial charge in [-0.05, 0) is 45.6 Å². The molecule has 1 rings (SSSR count). The average Bonchev–Trinajstić information content (AvgIpc) is 2.05. The molecule has 0 radical (unpaired) electrons. The summed E-state index contributed by atoms with van der Waals surface area (Å²) < 4.78 is 0. The van der Waals surface area contributed by atoms with Gasteiger partial charge in [0.15, 0.2) is 0 Å². The second-order valence-electron chi connectivity index (χ2n) is 4.39. The van der Waals surface area contributed by atoms with Gasteiger partial charge in [0.05, 0.1) is 0 Å². The molecule has 1 aliphatic heterocycles. The van der Waals surface area contributed by atoms with E-state index in [9.17, 15) is 0 Å². The van der Waals surface area contributed by atoms with E-state index in [-0.39, 0.29) is 0 Å². The van der Waals surface area contributed by atoms with Crippen LogP contribution in [0, 0.1) is 5.92 Å². The van der Waals surface area contributed by atoms with Gasteiger partial charge >= 0.3 is 0 Å². The Morgan fingerprint density at radius 2 is 2.17 bits per heavy atom. The van der Waals surface area contributed by atoms with Crippen LogP contribution in [0.5, 0.6) is 0 Å². The molecule has 1 heteroatoms. The molecule has 1 atom stereocenters. The minimum Gasteiger partial charge on any atom is -0.301 e. The topological polar surface area (TPSA) is 3.24 Å². The standard InChI is InChI=1S/C11H23N/c1-4-6-11-7-5-8-12(9-11)10(2)3/h10-11H,4-9H2,1-3H3. The Labute approximate surface area is 77.1 Å². The fourth-order valence-corrected chi connectivity index (χ4v) is 2.21. The minimum absolute atomic E-state index is 0.754. The fraction of sp³-hybridized carbons (Fsp3) is 1.00. The Balaban J connectivity index is 2.30. The van der Waals surface area contributed by atoms with Crippen LogP contribution < -0.4 is 0 Å². The van der Waals surface area contributed by atoms with E-state index >= 15 is 0 Å². The Bertz CT molecular complexity index is 118. The molecule has 1 fully saturated rings. The van der Waals surface area contributed by atoms with Crippen LogP contribution in [0.15, 0.2) is 0 Å². The zero-order chi connectivity index (χ0) is 8.97. The molecule has 0 aromatic carbocycles. The molecule has 0 aromatic rings. The third kappa shape index (κ3) is 2.78. The van der Waals surface area contributed by atoms with E-state index in [1.54, 1.807) is 0 Å². The highest BCUT2D eigenvalue weighted by atomic mass is 15.1. The summed E-state index contributed by atoms with van der Waals surface area (Å²) in [5, 5.41) is 0. The van der Waals surface area contributed by atoms with Crippen molar-refractivity contribution in [3.05, 3.63) is 0 Å². The first-order chi connectivity index (χ1) is 5.74. The highest BCUT2D eigenvalue weighted by Gasteiger charge is 2.20. The molecule has 0 aromatic heterocycles. The third-order valence-corrected chi connectivity index (χ3v) is 2.98. The predicted molar refractivity (Wildman–Crippen MR) is 54.3 cm³/mol. The lowest BCUT2D eigenvalue weighted by Crippen LogP contribution is -2.39. The Hall–Kier alpha value is -0.0400. The van der Waals surface area contributed by atoms with Crippen molar-refractivity contribution < 1.29 is 0 Å². The number of hydrogen-bond acceptors (Lipinski definition) is 1. The lowest BCUT2D eigenvalue weighted by molar-refractivity contribution is 0.135. The van der Waals surface area contributed by atoms with E-state index in [4.69, 9.17) is 0 Å². The van der Waals surface area contributed by atoms with Gasteiger partial charge in [0.25, 0.3) is 0 Å². The fourth-order valence-electron chi connectivity index (χ4n) is 2.21. The first-order valence-corrected chi connectivity index (χ1v) is 5.48. The van der Waals surface area contributed by atoms with E-state index in [1.807, 2.05) is 0 Å². The lowest BCUT2D eigenvalue weighted by atomic mass is 9.93. The van der Waals surface area contributed by atoms with Crippen molar-refractivity contribution in [2.45, 2.75) is 52.5 Å². The molecule has 0 N–H and O–H groups in total. The summed E-state index contributed by atoms with van der Waals surface area (Å²) >= 11 is 0. The summed E-state index contributed by atoms with van der Waals surface area (Å²) in [4.78, 5) is 2.63. The molecule has 0 aliphatic carbocycles. The van der Waals surface area contributed by atoms with Crippen molar-refractivity contribution in [3.8, 4) is 0 Å². The van der Waals surface area contributed by atoms with Gasteiger partial charge in [-0.25, -0.2) is 0 Å². The van der Waals surface area contributed by atoms with Gasteiger partial charge in [-0.1, -0.05) is 13.3 Å². The lowest BCUT2D eigenvalue weighted by Gasteiger charge is -2.35. The normalized spacial score (nSPS) is 26.5. The summed E-state index contributed by atoms with van der Waals surface area (Å²) in [6, 6.07) is 0.754. The Kier molecular flexibility index (Phi) is 4.07. The van der Waals surface area contributed by atoms with Crippen molar-refractivity contribution in [1.29, 1.82) is 0 Å². The van der Waals surface area contributed by atoms with Crippen LogP contribution in [0.2, 0.25) is 0 Å². The molecule has 1 heterocycles. The highest BCUT2D eigenvalue weighted by Crippen LogP contribution is 2.21. The Morgan fingerprint density at radius 3 is 2.75 bits per heavy atom. The molecule has 0 saturated carbocycles. The van der Waals surface area contributed by atoms with E-state index in [0.29, 0.717) is 0 Å². The maximum absolute atomic E-state index is 2.63. The second kappa shape index (κ2) is 4.86. The molecule has 12 heavy (non-hydrogen) atoms. The van der Waals surface area contributed by atoms with Crippen LogP contribution in [0.3, 0.4) is 0 Å². The second-order valence-corrected chi connectivity index (χ2v) is 4.39. The van der Waals surface area contributed by atoms with Crippen LogP contribution >= 0.6 is 0 Å². The summed E-state index contributed by atoms with van der Waals surface area (Å²) in [7, 11) is 0. The number of rotatable bonds is 3. The van der Waals surface area contributed by atoms with Gasteiger partial charge in [-0.2, -0.15) is 0 Å². The molecule has 1 nitrogen and oxygen atoms in total. The van der Waals surface area contributed by atoms with Crippen molar-refractivity contribution in [1.82, 2.24) is 4.90 Å². The summed E-state index contributed by atoms with van der Waals surface area (Å²) in [5.74, 6) is 0.992. The summed E-state index contributed by atoms with van der Waals surface area (Å²) in [6.07, 6.45) is 5.68. The number of hydrogen-bond donors (Lipinski definition) is 0. The van der Waals surface area contributed by atoms with E-state index in [2.05, 4.69) is 25.7 Å². The maximum atomic E-state index is 2.63. The number of nitrogens with zero attached hydrogens (tertiary/aromatic N) is 1. The van der Waals surface area contributed by atoms with Crippen molar-refractivity contribution in [2.24, 2.45) is 5.92 Å². The molecule has 1 unspecified atom stereocenters. The molecule has 0 amide bonds. The smallest absolute Gasteiger partial charge is 0.00387 e. The predicted octanol–water partition coefficient (Wildman–Crippen LogP) is 2.91. The molecular formula is C11H23N. The van der Waals surface area contributed by atoms with E-state index in [0.717, 1.165) is 12.0 Å². The monoisotopic (exact) mass is 169 g/mol. The summed E-state index contributed by atoms with van der Waals surface area (Å²) in [5.41, 5.74) is 0. The van der Waals surface area contributed by atoms with Crippen LogP contribution in [0.25, 0.3) is 0 Å². The third-order valence-electron chi connectivity index (χ3n) is 2.98. The van der Waals surface area contributed by atoms with Crippen LogP contribution in [0.1, 0.15) is 46.5 Å². The van der Waals surface area contributed by atoms with Gasteiger partial charge in [0.1, 0.15) is 0 Å². The zero-order valence-electron chi connectivity index (χ0n) is 8.84. The van der Waals surface area contributed by atoms with Crippen molar-refractivity contribution in [2.75, 3.05) is 13.1 Å². The largest absolute Gasteiger partial charge is 0.301 e. The van der Waals surface area contributed by atoms with Gasteiger partial charge in [-0.15, -0.1) is 0 Å². The molecular weight excluding hydrogens is 146 g/mol. The first-order valence-electron chi connectivity index (χ1n) is 5.48. The van der Waals surface area contributed by atoms with Crippen molar-refractivity contribution in [3.63, 3.8) is 0 Å². The van der Waals surface area contributed by atoms with Crippen LogP contribution in [-0.4, -0.2) is 24.0 Å². The molecule has 1 saturated heterocycles. The molecule has 0 spiro atoms. The zero-order valence-corrected chi connectivity index (χ0v) is 8.84. The summed E-state index contributed by atoms with van der Waals surface area (Å²) in [6.45, 7) is 9.61. The molecule has 1 aliphatic rings. The average molecular weight is 169 g/mol. The van der Waals surface area contributed by atoms with Crippen LogP contribution in [-0.2, 0) is 0 Å². The first kappa shape index (κ1) is 10.0. The highest BCUT2D eigenvalue weighted by molar-refractivity contribution is 4.74. The van der Waals surface area contributed by atoms with E-state index in [1.165, 1.54) is 38.8 Å². The molecule has 0 bridgehead atoms. The quantitative estimate of drug-likeness (QED) is 0.628. The van der Waals surface area contributed by atoms with Crippen LogP contribution in [0.4, 0.5) is 0 Å². The van der Waals surface area contributed by atoms with Gasteiger partial charge in [-0.3, -0.25) is 0 Å².